The molecule has 3 nitrogen and oxygen atoms in total. The van der Waals surface area contributed by atoms with Gasteiger partial charge < -0.3 is 5.11 Å². The molecular weight excluding hydrogens is 212 g/mol. The minimum absolute atomic E-state index is 0.242. The average molecular weight is 231 g/mol. The molecule has 0 saturated carbocycles. The maximum Gasteiger partial charge on any atom is 0.0820 e. The monoisotopic (exact) mass is 230 g/mol. The second kappa shape index (κ2) is 5.52. The summed E-state index contributed by atoms with van der Waals surface area (Å²) in [5.41, 5.74) is 1.04. The number of hydrogen-bond donors (Lipinski definition) is 1. The third kappa shape index (κ3) is 3.21. The van der Waals surface area contributed by atoms with Crippen molar-refractivity contribution in [2.75, 3.05) is 0 Å². The van der Waals surface area contributed by atoms with Crippen molar-refractivity contribution in [1.82, 2.24) is 9.78 Å². The van der Waals surface area contributed by atoms with Crippen LogP contribution in [0.15, 0.2) is 6.20 Å². The highest BCUT2D eigenvalue weighted by Gasteiger charge is 2.17. The Kier molecular flexibility index (Phi) is 4.61. The fourth-order valence-corrected chi connectivity index (χ4v) is 2.20. The van der Waals surface area contributed by atoms with E-state index in [1.165, 1.54) is 0 Å². The predicted molar refractivity (Wildman–Crippen MR) is 62.2 cm³/mol. The summed E-state index contributed by atoms with van der Waals surface area (Å²) in [5, 5.41) is 14.3. The van der Waals surface area contributed by atoms with E-state index in [1.54, 1.807) is 13.1 Å². The smallest absolute Gasteiger partial charge is 0.0820 e. The van der Waals surface area contributed by atoms with E-state index in [-0.39, 0.29) is 12.0 Å². The van der Waals surface area contributed by atoms with Gasteiger partial charge in [-0.1, -0.05) is 25.4 Å². The Morgan fingerprint density at radius 3 is 2.73 bits per heavy atom. The van der Waals surface area contributed by atoms with E-state index in [0.717, 1.165) is 25.1 Å². The van der Waals surface area contributed by atoms with Crippen molar-refractivity contribution in [3.8, 4) is 0 Å². The van der Waals surface area contributed by atoms with Crippen LogP contribution in [0.2, 0.25) is 5.02 Å². The van der Waals surface area contributed by atoms with Crippen LogP contribution in [0.5, 0.6) is 0 Å². The van der Waals surface area contributed by atoms with Crippen molar-refractivity contribution in [2.24, 2.45) is 0 Å². The van der Waals surface area contributed by atoms with Gasteiger partial charge in [0.25, 0.3) is 0 Å². The Morgan fingerprint density at radius 2 is 2.20 bits per heavy atom. The highest BCUT2D eigenvalue weighted by Crippen LogP contribution is 2.27. The van der Waals surface area contributed by atoms with Crippen molar-refractivity contribution in [1.29, 1.82) is 0 Å². The molecule has 0 amide bonds. The molecule has 2 unspecified atom stereocenters. The minimum Gasteiger partial charge on any atom is -0.393 e. The second-order valence-corrected chi connectivity index (χ2v) is 4.49. The summed E-state index contributed by atoms with van der Waals surface area (Å²) in [6, 6.07) is 0. The Balaban J connectivity index is 2.85. The molecule has 1 aromatic heterocycles. The summed E-state index contributed by atoms with van der Waals surface area (Å²) in [6.07, 6.45) is 3.13. The fourth-order valence-electron chi connectivity index (χ4n) is 1.88. The summed E-state index contributed by atoms with van der Waals surface area (Å²) in [7, 11) is 0. The topological polar surface area (TPSA) is 38.0 Å². The first-order valence-corrected chi connectivity index (χ1v) is 5.83. The van der Waals surface area contributed by atoms with Crippen LogP contribution in [0.25, 0.3) is 0 Å². The number of aromatic nitrogens is 2. The molecule has 0 spiro atoms. The summed E-state index contributed by atoms with van der Waals surface area (Å²) in [5.74, 6) is 0.242. The van der Waals surface area contributed by atoms with Crippen LogP contribution in [-0.2, 0) is 6.54 Å². The lowest BCUT2D eigenvalue weighted by molar-refractivity contribution is 0.175. The van der Waals surface area contributed by atoms with Gasteiger partial charge >= 0.3 is 0 Å². The molecule has 15 heavy (non-hydrogen) atoms. The lowest BCUT2D eigenvalue weighted by atomic mass is 10.0. The number of aliphatic hydroxyl groups excluding tert-OH is 1. The van der Waals surface area contributed by atoms with Crippen molar-refractivity contribution in [3.63, 3.8) is 0 Å². The SMILES string of the molecule is CCCn1ncc(Cl)c1C(C)CC(C)O. The van der Waals surface area contributed by atoms with E-state index < -0.39 is 0 Å². The molecule has 1 aromatic rings. The molecule has 0 bridgehead atoms. The molecule has 0 aliphatic heterocycles. The van der Waals surface area contributed by atoms with E-state index in [1.807, 2.05) is 4.68 Å². The molecule has 2 atom stereocenters. The maximum absolute atomic E-state index is 9.36. The zero-order valence-electron chi connectivity index (χ0n) is 9.57. The highest BCUT2D eigenvalue weighted by molar-refractivity contribution is 6.31. The molecule has 1 rings (SSSR count). The second-order valence-electron chi connectivity index (χ2n) is 4.09. The van der Waals surface area contributed by atoms with Crippen LogP contribution < -0.4 is 0 Å². The fraction of sp³-hybridized carbons (Fsp3) is 0.727. The van der Waals surface area contributed by atoms with Crippen LogP contribution in [-0.4, -0.2) is 21.0 Å². The molecule has 1 N–H and O–H groups in total. The van der Waals surface area contributed by atoms with Crippen LogP contribution in [0.4, 0.5) is 0 Å². The van der Waals surface area contributed by atoms with Crippen LogP contribution >= 0.6 is 11.6 Å². The van der Waals surface area contributed by atoms with Gasteiger partial charge in [0.1, 0.15) is 0 Å². The van der Waals surface area contributed by atoms with Crippen LogP contribution in [0, 0.1) is 0 Å². The molecule has 0 fully saturated rings. The summed E-state index contributed by atoms with van der Waals surface area (Å²) >= 11 is 6.09. The number of rotatable bonds is 5. The van der Waals surface area contributed by atoms with Gasteiger partial charge in [-0.3, -0.25) is 4.68 Å². The van der Waals surface area contributed by atoms with Gasteiger partial charge in [0, 0.05) is 12.5 Å². The van der Waals surface area contributed by atoms with Gasteiger partial charge in [0.05, 0.1) is 23.0 Å². The average Bonchev–Trinajstić information content (AvgIpc) is 2.46. The van der Waals surface area contributed by atoms with Gasteiger partial charge in [-0.05, 0) is 19.8 Å². The zero-order valence-corrected chi connectivity index (χ0v) is 10.3. The zero-order chi connectivity index (χ0) is 11.4. The van der Waals surface area contributed by atoms with Crippen molar-refractivity contribution in [2.45, 2.75) is 52.2 Å². The molecule has 1 heterocycles. The van der Waals surface area contributed by atoms with E-state index in [0.29, 0.717) is 5.02 Å². The summed E-state index contributed by atoms with van der Waals surface area (Å²) in [6.45, 7) is 6.86. The molecule has 86 valence electrons. The molecule has 0 saturated heterocycles. The Hall–Kier alpha value is -0.540. The number of hydrogen-bond acceptors (Lipinski definition) is 2. The molecular formula is C11H19ClN2O. The standard InChI is InChI=1S/C11H19ClN2O/c1-4-5-14-11(10(12)7-13-14)8(2)6-9(3)15/h7-9,15H,4-6H2,1-3H3. The maximum atomic E-state index is 9.36. The number of aryl methyl sites for hydroxylation is 1. The van der Waals surface area contributed by atoms with E-state index in [2.05, 4.69) is 18.9 Å². The minimum atomic E-state index is -0.305. The molecule has 0 aliphatic carbocycles. The van der Waals surface area contributed by atoms with Gasteiger partial charge in [-0.15, -0.1) is 0 Å². The summed E-state index contributed by atoms with van der Waals surface area (Å²) < 4.78 is 1.94. The lowest BCUT2D eigenvalue weighted by Gasteiger charge is -2.15. The number of nitrogens with zero attached hydrogens (tertiary/aromatic N) is 2. The third-order valence-electron chi connectivity index (χ3n) is 2.43. The first-order chi connectivity index (χ1) is 7.06. The van der Waals surface area contributed by atoms with Crippen molar-refractivity contribution in [3.05, 3.63) is 16.9 Å². The first kappa shape index (κ1) is 12.5. The molecule has 0 aromatic carbocycles. The van der Waals surface area contributed by atoms with Crippen LogP contribution in [0.3, 0.4) is 0 Å². The van der Waals surface area contributed by atoms with Gasteiger partial charge in [-0.25, -0.2) is 0 Å². The molecule has 0 aliphatic rings. The van der Waals surface area contributed by atoms with E-state index in [9.17, 15) is 5.11 Å². The number of halogens is 1. The van der Waals surface area contributed by atoms with Gasteiger partial charge in [-0.2, -0.15) is 5.10 Å². The Bertz CT molecular complexity index is 310. The van der Waals surface area contributed by atoms with Gasteiger partial charge in [0.15, 0.2) is 0 Å². The Labute approximate surface area is 96.1 Å². The third-order valence-corrected chi connectivity index (χ3v) is 2.72. The van der Waals surface area contributed by atoms with Gasteiger partial charge in [0.2, 0.25) is 0 Å². The summed E-state index contributed by atoms with van der Waals surface area (Å²) in [4.78, 5) is 0. The highest BCUT2D eigenvalue weighted by atomic mass is 35.5. The molecule has 4 heteroatoms. The van der Waals surface area contributed by atoms with Crippen molar-refractivity contribution >= 4 is 11.6 Å². The van der Waals surface area contributed by atoms with E-state index in [4.69, 9.17) is 11.6 Å². The predicted octanol–water partition coefficient (Wildman–Crippen LogP) is 2.82. The normalized spacial score (nSPS) is 15.3. The lowest BCUT2D eigenvalue weighted by Crippen LogP contribution is -2.12. The first-order valence-electron chi connectivity index (χ1n) is 5.45. The van der Waals surface area contributed by atoms with Crippen LogP contribution in [0.1, 0.15) is 45.2 Å². The quantitative estimate of drug-likeness (QED) is 0.845. The molecule has 0 radical (unpaired) electrons. The largest absolute Gasteiger partial charge is 0.393 e. The van der Waals surface area contributed by atoms with Crippen molar-refractivity contribution < 1.29 is 5.11 Å². The number of aliphatic hydroxyl groups is 1. The van der Waals surface area contributed by atoms with E-state index >= 15 is 0 Å². The Morgan fingerprint density at radius 1 is 1.53 bits per heavy atom.